The van der Waals surface area contributed by atoms with Gasteiger partial charge in [0.15, 0.2) is 0 Å². The summed E-state index contributed by atoms with van der Waals surface area (Å²) in [7, 11) is 1.67. The van der Waals surface area contributed by atoms with Gasteiger partial charge in [-0.2, -0.15) is 0 Å². The molecule has 2 atom stereocenters. The van der Waals surface area contributed by atoms with Crippen LogP contribution in [0.15, 0.2) is 48.5 Å². The van der Waals surface area contributed by atoms with Crippen LogP contribution in [0.4, 0.5) is 4.79 Å². The summed E-state index contributed by atoms with van der Waals surface area (Å²) in [5, 5.41) is 15.3. The minimum Gasteiger partial charge on any atom is -0.496 e. The molecule has 132 valence electrons. The van der Waals surface area contributed by atoms with Crippen LogP contribution in [0.1, 0.15) is 41.6 Å². The average Bonchev–Trinajstić information content (AvgIpc) is 3.05. The number of amides is 2. The van der Waals surface area contributed by atoms with Crippen molar-refractivity contribution in [2.45, 2.75) is 31.3 Å². The van der Waals surface area contributed by atoms with Crippen LogP contribution in [0.2, 0.25) is 0 Å². The van der Waals surface area contributed by atoms with Crippen LogP contribution in [-0.2, 0) is 6.42 Å². The highest BCUT2D eigenvalue weighted by Gasteiger charge is 2.27. The molecule has 0 radical (unpaired) electrons. The van der Waals surface area contributed by atoms with Gasteiger partial charge in [-0.1, -0.05) is 42.5 Å². The maximum Gasteiger partial charge on any atom is 0.315 e. The van der Waals surface area contributed by atoms with Gasteiger partial charge in [0.1, 0.15) is 5.75 Å². The van der Waals surface area contributed by atoms with Gasteiger partial charge in [0.25, 0.3) is 0 Å². The SMILES string of the molecule is COc1cccc2c1CCC2NC(=O)N[C@H](CCO)c1ccccc1. The number of aliphatic hydroxyl groups excluding tert-OH is 1. The first-order valence-electron chi connectivity index (χ1n) is 8.61. The van der Waals surface area contributed by atoms with Crippen molar-refractivity contribution < 1.29 is 14.6 Å². The van der Waals surface area contributed by atoms with Crippen molar-refractivity contribution in [3.05, 3.63) is 65.2 Å². The Balaban J connectivity index is 1.67. The van der Waals surface area contributed by atoms with Gasteiger partial charge in [-0.05, 0) is 42.0 Å². The third-order valence-electron chi connectivity index (χ3n) is 4.68. The summed E-state index contributed by atoms with van der Waals surface area (Å²) < 4.78 is 5.41. The number of carbonyl (C=O) groups is 1. The van der Waals surface area contributed by atoms with E-state index in [0.29, 0.717) is 6.42 Å². The lowest BCUT2D eigenvalue weighted by Gasteiger charge is -2.21. The fourth-order valence-electron chi connectivity index (χ4n) is 3.46. The van der Waals surface area contributed by atoms with Crippen LogP contribution in [-0.4, -0.2) is 24.9 Å². The third kappa shape index (κ3) is 3.94. The Morgan fingerprint density at radius 3 is 2.76 bits per heavy atom. The van der Waals surface area contributed by atoms with Crippen molar-refractivity contribution in [1.29, 1.82) is 0 Å². The fraction of sp³-hybridized carbons (Fsp3) is 0.350. The molecule has 3 N–H and O–H groups in total. The van der Waals surface area contributed by atoms with Gasteiger partial charge < -0.3 is 20.5 Å². The zero-order valence-electron chi connectivity index (χ0n) is 14.4. The van der Waals surface area contributed by atoms with Crippen molar-refractivity contribution >= 4 is 6.03 Å². The summed E-state index contributed by atoms with van der Waals surface area (Å²) in [5.74, 6) is 0.879. The fourth-order valence-corrected chi connectivity index (χ4v) is 3.46. The second-order valence-corrected chi connectivity index (χ2v) is 6.21. The molecule has 0 spiro atoms. The van der Waals surface area contributed by atoms with Crippen LogP contribution < -0.4 is 15.4 Å². The maximum atomic E-state index is 12.5. The second kappa shape index (κ2) is 8.03. The molecule has 1 aliphatic rings. The predicted octanol–water partition coefficient (Wildman–Crippen LogP) is 3.11. The molecule has 3 rings (SSSR count). The van der Waals surface area contributed by atoms with Gasteiger partial charge in [0.05, 0.1) is 19.2 Å². The summed E-state index contributed by atoms with van der Waals surface area (Å²) in [5.41, 5.74) is 3.28. The lowest BCUT2D eigenvalue weighted by atomic mass is 10.0. The van der Waals surface area contributed by atoms with E-state index in [0.717, 1.165) is 29.7 Å². The molecule has 1 aliphatic carbocycles. The molecular weight excluding hydrogens is 316 g/mol. The molecule has 0 saturated heterocycles. The number of fused-ring (bicyclic) bond motifs is 1. The minimum absolute atomic E-state index is 0.0172. The number of benzene rings is 2. The van der Waals surface area contributed by atoms with Crippen LogP contribution in [0.25, 0.3) is 0 Å². The summed E-state index contributed by atoms with van der Waals surface area (Å²) in [6.45, 7) is 0.0172. The van der Waals surface area contributed by atoms with E-state index < -0.39 is 0 Å². The van der Waals surface area contributed by atoms with Crippen molar-refractivity contribution in [3.63, 3.8) is 0 Å². The standard InChI is InChI=1S/C20H24N2O3/c1-25-19-9-5-8-15-16(19)10-11-18(15)22-20(24)21-17(12-13-23)14-6-3-2-4-7-14/h2-9,17-18,23H,10-13H2,1H3,(H2,21,22,24)/t17-,18?/m1/s1. The van der Waals surface area contributed by atoms with Gasteiger partial charge in [-0.15, -0.1) is 0 Å². The normalized spacial score (nSPS) is 16.8. The largest absolute Gasteiger partial charge is 0.496 e. The van der Waals surface area contributed by atoms with Crippen LogP contribution >= 0.6 is 0 Å². The van der Waals surface area contributed by atoms with Gasteiger partial charge in [0.2, 0.25) is 0 Å². The molecule has 0 saturated carbocycles. The van der Waals surface area contributed by atoms with E-state index in [1.54, 1.807) is 7.11 Å². The zero-order chi connectivity index (χ0) is 17.6. The van der Waals surface area contributed by atoms with E-state index in [9.17, 15) is 9.90 Å². The van der Waals surface area contributed by atoms with Gasteiger partial charge in [-0.3, -0.25) is 0 Å². The molecule has 2 amide bonds. The number of nitrogens with one attached hydrogen (secondary N) is 2. The topological polar surface area (TPSA) is 70.6 Å². The second-order valence-electron chi connectivity index (χ2n) is 6.21. The highest BCUT2D eigenvalue weighted by atomic mass is 16.5. The highest BCUT2D eigenvalue weighted by molar-refractivity contribution is 5.75. The molecule has 5 nitrogen and oxygen atoms in total. The Morgan fingerprint density at radius 2 is 2.04 bits per heavy atom. The number of hydrogen-bond acceptors (Lipinski definition) is 3. The quantitative estimate of drug-likeness (QED) is 0.757. The van der Waals surface area contributed by atoms with Gasteiger partial charge in [0, 0.05) is 6.61 Å². The third-order valence-corrected chi connectivity index (χ3v) is 4.68. The average molecular weight is 340 g/mol. The number of urea groups is 1. The van der Waals surface area contributed by atoms with E-state index in [4.69, 9.17) is 4.74 Å². The number of ether oxygens (including phenoxy) is 1. The summed E-state index contributed by atoms with van der Waals surface area (Å²) in [4.78, 5) is 12.5. The Kier molecular flexibility index (Phi) is 5.56. The first kappa shape index (κ1) is 17.3. The van der Waals surface area contributed by atoms with E-state index >= 15 is 0 Å². The van der Waals surface area contributed by atoms with E-state index in [2.05, 4.69) is 10.6 Å². The maximum absolute atomic E-state index is 12.5. The predicted molar refractivity (Wildman–Crippen MR) is 96.6 cm³/mol. The molecule has 2 aromatic rings. The van der Waals surface area contributed by atoms with Crippen molar-refractivity contribution in [2.24, 2.45) is 0 Å². The molecule has 0 bridgehead atoms. The van der Waals surface area contributed by atoms with Crippen LogP contribution in [0.5, 0.6) is 5.75 Å². The van der Waals surface area contributed by atoms with Crippen molar-refractivity contribution in [3.8, 4) is 5.75 Å². The Morgan fingerprint density at radius 1 is 1.24 bits per heavy atom. The van der Waals surface area contributed by atoms with E-state index in [1.807, 2.05) is 48.5 Å². The first-order chi connectivity index (χ1) is 12.2. The Hall–Kier alpha value is -2.53. The molecule has 2 aromatic carbocycles. The number of aliphatic hydroxyl groups is 1. The number of methoxy groups -OCH3 is 1. The summed E-state index contributed by atoms with van der Waals surface area (Å²) in [6, 6.07) is 15.2. The van der Waals surface area contributed by atoms with Crippen molar-refractivity contribution in [1.82, 2.24) is 10.6 Å². The van der Waals surface area contributed by atoms with E-state index in [1.165, 1.54) is 5.56 Å². The van der Waals surface area contributed by atoms with Gasteiger partial charge >= 0.3 is 6.03 Å². The van der Waals surface area contributed by atoms with E-state index in [-0.39, 0.29) is 24.7 Å². The lowest BCUT2D eigenvalue weighted by molar-refractivity contribution is 0.226. The van der Waals surface area contributed by atoms with Crippen molar-refractivity contribution in [2.75, 3.05) is 13.7 Å². The highest BCUT2D eigenvalue weighted by Crippen LogP contribution is 2.36. The molecule has 25 heavy (non-hydrogen) atoms. The van der Waals surface area contributed by atoms with Crippen LogP contribution in [0.3, 0.4) is 0 Å². The Labute approximate surface area is 148 Å². The summed E-state index contributed by atoms with van der Waals surface area (Å²) in [6.07, 6.45) is 2.23. The monoisotopic (exact) mass is 340 g/mol. The molecule has 0 aromatic heterocycles. The smallest absolute Gasteiger partial charge is 0.315 e. The summed E-state index contributed by atoms with van der Waals surface area (Å²) >= 11 is 0. The molecule has 0 heterocycles. The van der Waals surface area contributed by atoms with Gasteiger partial charge in [-0.25, -0.2) is 4.79 Å². The number of carbonyl (C=O) groups excluding carboxylic acids is 1. The van der Waals surface area contributed by atoms with Crippen LogP contribution in [0, 0.1) is 0 Å². The number of rotatable bonds is 6. The number of hydrogen-bond donors (Lipinski definition) is 3. The molecule has 1 unspecified atom stereocenters. The zero-order valence-corrected chi connectivity index (χ0v) is 14.4. The Bertz CT molecular complexity index is 718. The molecule has 5 heteroatoms. The molecule has 0 fully saturated rings. The minimum atomic E-state index is -0.219. The molecule has 0 aliphatic heterocycles. The first-order valence-corrected chi connectivity index (χ1v) is 8.61. The lowest BCUT2D eigenvalue weighted by Crippen LogP contribution is -2.39. The molecular formula is C20H24N2O3.